The van der Waals surface area contributed by atoms with Crippen molar-refractivity contribution in [1.82, 2.24) is 5.32 Å². The van der Waals surface area contributed by atoms with Crippen LogP contribution in [0, 0.1) is 11.7 Å². The fourth-order valence-electron chi connectivity index (χ4n) is 2.47. The number of carbonyl (C=O) groups excluding carboxylic acids is 1. The number of amides is 1. The summed E-state index contributed by atoms with van der Waals surface area (Å²) in [7, 11) is 0. The van der Waals surface area contributed by atoms with Crippen LogP contribution in [-0.2, 0) is 0 Å². The molecule has 1 amide bonds. The van der Waals surface area contributed by atoms with E-state index in [1.807, 2.05) is 0 Å². The van der Waals surface area contributed by atoms with E-state index in [9.17, 15) is 9.18 Å². The maximum atomic E-state index is 13.4. The summed E-state index contributed by atoms with van der Waals surface area (Å²) < 4.78 is 13.8. The van der Waals surface area contributed by atoms with Crippen LogP contribution < -0.4 is 5.32 Å². The number of alkyl halides is 1. The molecular weight excluding hydrogens is 377 g/mol. The van der Waals surface area contributed by atoms with Crippen LogP contribution in [0.25, 0.3) is 0 Å². The van der Waals surface area contributed by atoms with Gasteiger partial charge in [0.2, 0.25) is 0 Å². The Labute approximate surface area is 129 Å². The normalized spacial score (nSPS) is 23.1. The maximum absolute atomic E-state index is 13.4. The van der Waals surface area contributed by atoms with Gasteiger partial charge in [-0.2, -0.15) is 0 Å². The molecule has 0 saturated heterocycles. The summed E-state index contributed by atoms with van der Waals surface area (Å²) in [5, 5.41) is 3.93. The average Bonchev–Trinajstić information content (AvgIpc) is 2.42. The number of hydrogen-bond donors (Lipinski definition) is 1. The van der Waals surface area contributed by atoms with E-state index in [4.69, 9.17) is 0 Å². The standard InChI is InChI=1S/C14H16Br2FNO/c15-8-10-3-1-2-4-13(10)18-14(19)9-5-6-11(16)12(17)7-9/h5-7,10,13H,1-4,8H2,(H,18,19). The van der Waals surface area contributed by atoms with E-state index in [1.54, 1.807) is 12.1 Å². The summed E-state index contributed by atoms with van der Waals surface area (Å²) in [4.78, 5) is 12.1. The van der Waals surface area contributed by atoms with Gasteiger partial charge in [-0.15, -0.1) is 0 Å². The molecule has 19 heavy (non-hydrogen) atoms. The van der Waals surface area contributed by atoms with Crippen molar-refractivity contribution in [2.75, 3.05) is 5.33 Å². The molecule has 1 N–H and O–H groups in total. The zero-order chi connectivity index (χ0) is 13.8. The first-order chi connectivity index (χ1) is 9.11. The van der Waals surface area contributed by atoms with Crippen LogP contribution in [0.5, 0.6) is 0 Å². The predicted molar refractivity (Wildman–Crippen MR) is 81.1 cm³/mol. The van der Waals surface area contributed by atoms with E-state index >= 15 is 0 Å². The van der Waals surface area contributed by atoms with Crippen LogP contribution >= 0.6 is 31.9 Å². The summed E-state index contributed by atoms with van der Waals surface area (Å²) >= 11 is 6.59. The van der Waals surface area contributed by atoms with Gasteiger partial charge in [0.05, 0.1) is 4.47 Å². The number of halogens is 3. The van der Waals surface area contributed by atoms with Crippen LogP contribution in [0.1, 0.15) is 36.0 Å². The number of benzene rings is 1. The lowest BCUT2D eigenvalue weighted by atomic mass is 9.86. The first-order valence-corrected chi connectivity index (χ1v) is 8.35. The van der Waals surface area contributed by atoms with E-state index in [2.05, 4.69) is 37.2 Å². The molecule has 2 unspecified atom stereocenters. The molecule has 2 nitrogen and oxygen atoms in total. The molecule has 104 valence electrons. The largest absolute Gasteiger partial charge is 0.349 e. The Bertz CT molecular complexity index is 467. The van der Waals surface area contributed by atoms with E-state index in [0.717, 1.165) is 24.6 Å². The van der Waals surface area contributed by atoms with E-state index in [-0.39, 0.29) is 11.9 Å². The van der Waals surface area contributed by atoms with E-state index < -0.39 is 5.82 Å². The van der Waals surface area contributed by atoms with Gasteiger partial charge < -0.3 is 5.32 Å². The molecule has 2 atom stereocenters. The number of rotatable bonds is 3. The van der Waals surface area contributed by atoms with Crippen molar-refractivity contribution < 1.29 is 9.18 Å². The third kappa shape index (κ3) is 3.78. The second-order valence-corrected chi connectivity index (χ2v) is 6.41. The molecule has 5 heteroatoms. The lowest BCUT2D eigenvalue weighted by Gasteiger charge is -2.31. The molecule has 0 aliphatic heterocycles. The molecule has 1 aliphatic rings. The van der Waals surface area contributed by atoms with Gasteiger partial charge in [0.1, 0.15) is 5.82 Å². The van der Waals surface area contributed by atoms with Gasteiger partial charge in [0.15, 0.2) is 0 Å². The lowest BCUT2D eigenvalue weighted by molar-refractivity contribution is 0.0911. The molecule has 0 heterocycles. The van der Waals surface area contributed by atoms with Crippen molar-refractivity contribution in [3.05, 3.63) is 34.1 Å². The zero-order valence-electron chi connectivity index (χ0n) is 10.5. The first-order valence-electron chi connectivity index (χ1n) is 6.43. The summed E-state index contributed by atoms with van der Waals surface area (Å²) in [6, 6.07) is 4.65. The highest BCUT2D eigenvalue weighted by Gasteiger charge is 2.26. The third-order valence-electron chi connectivity index (χ3n) is 3.61. The predicted octanol–water partition coefficient (Wildman–Crippen LogP) is 4.27. The smallest absolute Gasteiger partial charge is 0.251 e. The second kappa shape index (κ2) is 6.84. The molecule has 0 bridgehead atoms. The van der Waals surface area contributed by atoms with Crippen LogP contribution in [0.2, 0.25) is 0 Å². The van der Waals surface area contributed by atoms with Crippen molar-refractivity contribution in [2.45, 2.75) is 31.7 Å². The summed E-state index contributed by atoms with van der Waals surface area (Å²) in [5.74, 6) is -0.129. The Balaban J connectivity index is 2.05. The molecule has 1 fully saturated rings. The highest BCUT2D eigenvalue weighted by molar-refractivity contribution is 9.10. The average molecular weight is 393 g/mol. The summed E-state index contributed by atoms with van der Waals surface area (Å²) in [5.41, 5.74) is 0.375. The topological polar surface area (TPSA) is 29.1 Å². The fourth-order valence-corrected chi connectivity index (χ4v) is 3.49. The Morgan fingerprint density at radius 3 is 2.79 bits per heavy atom. The molecule has 1 aromatic carbocycles. The van der Waals surface area contributed by atoms with Gasteiger partial charge in [-0.1, -0.05) is 28.8 Å². The van der Waals surface area contributed by atoms with E-state index in [1.165, 1.54) is 12.5 Å². The number of hydrogen-bond acceptors (Lipinski definition) is 1. The van der Waals surface area contributed by atoms with Crippen LogP contribution in [-0.4, -0.2) is 17.3 Å². The second-order valence-electron chi connectivity index (χ2n) is 4.91. The highest BCUT2D eigenvalue weighted by Crippen LogP contribution is 2.26. The van der Waals surface area contributed by atoms with Gasteiger partial charge in [0.25, 0.3) is 5.91 Å². The summed E-state index contributed by atoms with van der Waals surface area (Å²) in [6.45, 7) is 0. The molecule has 2 rings (SSSR count). The quantitative estimate of drug-likeness (QED) is 0.764. The molecular formula is C14H16Br2FNO. The third-order valence-corrected chi connectivity index (χ3v) is 5.08. The summed E-state index contributed by atoms with van der Waals surface area (Å²) in [6.07, 6.45) is 4.49. The SMILES string of the molecule is O=C(NC1CCCCC1CBr)c1ccc(Br)c(F)c1. The van der Waals surface area contributed by atoms with Crippen molar-refractivity contribution >= 4 is 37.8 Å². The minimum Gasteiger partial charge on any atom is -0.349 e. The molecule has 0 aromatic heterocycles. The van der Waals surface area contributed by atoms with Gasteiger partial charge in [-0.25, -0.2) is 4.39 Å². The molecule has 0 radical (unpaired) electrons. The number of nitrogens with one attached hydrogen (secondary N) is 1. The van der Waals surface area contributed by atoms with Gasteiger partial charge >= 0.3 is 0 Å². The van der Waals surface area contributed by atoms with Gasteiger partial charge in [-0.3, -0.25) is 4.79 Å². The Kier molecular flexibility index (Phi) is 5.39. The molecule has 1 aliphatic carbocycles. The van der Waals surface area contributed by atoms with Crippen molar-refractivity contribution in [1.29, 1.82) is 0 Å². The fraction of sp³-hybridized carbons (Fsp3) is 0.500. The number of carbonyl (C=O) groups is 1. The Morgan fingerprint density at radius 1 is 1.37 bits per heavy atom. The molecule has 1 saturated carbocycles. The van der Waals surface area contributed by atoms with Gasteiger partial charge in [0, 0.05) is 16.9 Å². The van der Waals surface area contributed by atoms with Crippen molar-refractivity contribution in [2.24, 2.45) is 5.92 Å². The maximum Gasteiger partial charge on any atom is 0.251 e. The Morgan fingerprint density at radius 2 is 2.11 bits per heavy atom. The minimum absolute atomic E-state index is 0.187. The monoisotopic (exact) mass is 391 g/mol. The van der Waals surface area contributed by atoms with Crippen LogP contribution in [0.15, 0.2) is 22.7 Å². The minimum atomic E-state index is -0.409. The zero-order valence-corrected chi connectivity index (χ0v) is 13.6. The van der Waals surface area contributed by atoms with E-state index in [0.29, 0.717) is 16.0 Å². The highest BCUT2D eigenvalue weighted by atomic mass is 79.9. The van der Waals surface area contributed by atoms with Crippen LogP contribution in [0.3, 0.4) is 0 Å². The molecule has 0 spiro atoms. The van der Waals surface area contributed by atoms with Crippen LogP contribution in [0.4, 0.5) is 4.39 Å². The van der Waals surface area contributed by atoms with Gasteiger partial charge in [-0.05, 0) is 52.9 Å². The molecule has 1 aromatic rings. The van der Waals surface area contributed by atoms with Crippen molar-refractivity contribution in [3.8, 4) is 0 Å². The van der Waals surface area contributed by atoms with Crippen molar-refractivity contribution in [3.63, 3.8) is 0 Å². The lowest BCUT2D eigenvalue weighted by Crippen LogP contribution is -2.42. The Hall–Kier alpha value is -0.420. The first kappa shape index (κ1) is 15.0.